The predicted octanol–water partition coefficient (Wildman–Crippen LogP) is 2.62. The van der Waals surface area contributed by atoms with E-state index in [1.807, 2.05) is 32.0 Å². The summed E-state index contributed by atoms with van der Waals surface area (Å²) >= 11 is 0. The molecule has 1 aromatic carbocycles. The highest BCUT2D eigenvalue weighted by Crippen LogP contribution is 2.29. The van der Waals surface area contributed by atoms with E-state index in [0.29, 0.717) is 18.9 Å². The van der Waals surface area contributed by atoms with Crippen molar-refractivity contribution in [2.75, 3.05) is 18.9 Å². The lowest BCUT2D eigenvalue weighted by Crippen LogP contribution is -2.19. The molecule has 0 radical (unpaired) electrons. The van der Waals surface area contributed by atoms with Crippen LogP contribution < -0.4 is 10.5 Å². The van der Waals surface area contributed by atoms with E-state index in [2.05, 4.69) is 4.98 Å². The van der Waals surface area contributed by atoms with Gasteiger partial charge in [0.1, 0.15) is 11.9 Å². The number of ether oxygens (including phenoxy) is 2. The van der Waals surface area contributed by atoms with Crippen molar-refractivity contribution in [1.82, 2.24) is 4.98 Å². The van der Waals surface area contributed by atoms with Gasteiger partial charge in [-0.1, -0.05) is 0 Å². The summed E-state index contributed by atoms with van der Waals surface area (Å²) in [6, 6.07) is 5.64. The number of rotatable bonds is 5. The zero-order valence-corrected chi connectivity index (χ0v) is 10.7. The van der Waals surface area contributed by atoms with Gasteiger partial charge in [-0.2, -0.15) is 0 Å². The van der Waals surface area contributed by atoms with Gasteiger partial charge in [0.2, 0.25) is 0 Å². The normalized spacial score (nSPS) is 12.6. The van der Waals surface area contributed by atoms with Crippen LogP contribution in [-0.2, 0) is 4.74 Å². The first-order valence-electron chi connectivity index (χ1n) is 6.09. The van der Waals surface area contributed by atoms with Crippen LogP contribution in [0.3, 0.4) is 0 Å². The monoisotopic (exact) mass is 246 g/mol. The molecule has 0 aliphatic rings. The van der Waals surface area contributed by atoms with Crippen LogP contribution in [0.5, 0.6) is 5.75 Å². The molecule has 0 aliphatic carbocycles. The molecule has 1 aromatic heterocycles. The minimum absolute atomic E-state index is 0.00457. The first kappa shape index (κ1) is 12.6. The van der Waals surface area contributed by atoms with Gasteiger partial charge in [0.05, 0.1) is 6.61 Å². The highest BCUT2D eigenvalue weighted by atomic mass is 16.5. The van der Waals surface area contributed by atoms with E-state index < -0.39 is 0 Å². The zero-order valence-electron chi connectivity index (χ0n) is 10.7. The molecule has 4 heteroatoms. The van der Waals surface area contributed by atoms with Crippen molar-refractivity contribution in [3.63, 3.8) is 0 Å². The third-order valence-corrected chi connectivity index (χ3v) is 2.70. The number of aromatic nitrogens is 1. The molecule has 18 heavy (non-hydrogen) atoms. The fourth-order valence-corrected chi connectivity index (χ4v) is 1.82. The SMILES string of the molecule is CCOCC(C)Oc1ccc(N)c2cnccc12. The molecule has 0 bridgehead atoms. The smallest absolute Gasteiger partial charge is 0.127 e. The largest absolute Gasteiger partial charge is 0.488 e. The van der Waals surface area contributed by atoms with Crippen LogP contribution in [0.2, 0.25) is 0 Å². The molecular formula is C14H18N2O2. The van der Waals surface area contributed by atoms with Crippen LogP contribution >= 0.6 is 0 Å². The van der Waals surface area contributed by atoms with Gasteiger partial charge in [0.25, 0.3) is 0 Å². The minimum atomic E-state index is 0.00457. The maximum absolute atomic E-state index is 5.92. The lowest BCUT2D eigenvalue weighted by molar-refractivity contribution is 0.0665. The lowest BCUT2D eigenvalue weighted by Gasteiger charge is -2.16. The quantitative estimate of drug-likeness (QED) is 0.824. The van der Waals surface area contributed by atoms with Crippen LogP contribution in [0.4, 0.5) is 5.69 Å². The van der Waals surface area contributed by atoms with E-state index in [9.17, 15) is 0 Å². The van der Waals surface area contributed by atoms with Gasteiger partial charge >= 0.3 is 0 Å². The number of hydrogen-bond donors (Lipinski definition) is 1. The molecule has 1 heterocycles. The van der Waals surface area contributed by atoms with Gasteiger partial charge in [0.15, 0.2) is 0 Å². The highest BCUT2D eigenvalue weighted by molar-refractivity contribution is 5.96. The fourth-order valence-electron chi connectivity index (χ4n) is 1.82. The number of hydrogen-bond acceptors (Lipinski definition) is 4. The average Bonchev–Trinajstić information content (AvgIpc) is 2.40. The predicted molar refractivity (Wildman–Crippen MR) is 72.7 cm³/mol. The summed E-state index contributed by atoms with van der Waals surface area (Å²) in [6.07, 6.45) is 3.50. The Hall–Kier alpha value is -1.81. The molecule has 0 fully saturated rings. The molecule has 0 saturated carbocycles. The van der Waals surface area contributed by atoms with E-state index in [4.69, 9.17) is 15.2 Å². The molecule has 0 saturated heterocycles. The third kappa shape index (κ3) is 2.71. The Morgan fingerprint density at radius 3 is 2.89 bits per heavy atom. The van der Waals surface area contributed by atoms with E-state index in [1.165, 1.54) is 0 Å². The molecule has 0 aliphatic heterocycles. The summed E-state index contributed by atoms with van der Waals surface area (Å²) in [5, 5.41) is 1.90. The third-order valence-electron chi connectivity index (χ3n) is 2.70. The Balaban J connectivity index is 2.26. The van der Waals surface area contributed by atoms with Crippen molar-refractivity contribution in [2.24, 2.45) is 0 Å². The molecule has 0 spiro atoms. The van der Waals surface area contributed by atoms with Crippen molar-refractivity contribution in [3.05, 3.63) is 30.6 Å². The lowest BCUT2D eigenvalue weighted by atomic mass is 10.1. The number of fused-ring (bicyclic) bond motifs is 1. The standard InChI is InChI=1S/C14H18N2O2/c1-3-17-9-10(2)18-14-5-4-13(15)12-8-16-7-6-11(12)14/h4-8,10H,3,9,15H2,1-2H3. The molecule has 4 nitrogen and oxygen atoms in total. The van der Waals surface area contributed by atoms with Crippen molar-refractivity contribution in [2.45, 2.75) is 20.0 Å². The Morgan fingerprint density at radius 2 is 2.11 bits per heavy atom. The summed E-state index contributed by atoms with van der Waals surface area (Å²) in [5.74, 6) is 0.814. The summed E-state index contributed by atoms with van der Waals surface area (Å²) in [7, 11) is 0. The molecule has 1 unspecified atom stereocenters. The molecule has 1 atom stereocenters. The Morgan fingerprint density at radius 1 is 1.28 bits per heavy atom. The molecular weight excluding hydrogens is 228 g/mol. The summed E-state index contributed by atoms with van der Waals surface area (Å²) < 4.78 is 11.2. The van der Waals surface area contributed by atoms with Crippen LogP contribution in [0.15, 0.2) is 30.6 Å². The van der Waals surface area contributed by atoms with Crippen molar-refractivity contribution in [1.29, 1.82) is 0 Å². The van der Waals surface area contributed by atoms with Crippen LogP contribution in [0.25, 0.3) is 10.8 Å². The van der Waals surface area contributed by atoms with E-state index in [0.717, 1.165) is 16.5 Å². The van der Waals surface area contributed by atoms with Gasteiger partial charge in [-0.15, -0.1) is 0 Å². The maximum atomic E-state index is 5.92. The van der Waals surface area contributed by atoms with E-state index in [-0.39, 0.29) is 6.10 Å². The maximum Gasteiger partial charge on any atom is 0.127 e. The number of nitrogens with zero attached hydrogens (tertiary/aromatic N) is 1. The summed E-state index contributed by atoms with van der Waals surface area (Å²) in [5.41, 5.74) is 6.63. The number of anilines is 1. The van der Waals surface area contributed by atoms with Crippen LogP contribution in [0.1, 0.15) is 13.8 Å². The van der Waals surface area contributed by atoms with Gasteiger partial charge < -0.3 is 15.2 Å². The molecule has 2 rings (SSSR count). The molecule has 96 valence electrons. The van der Waals surface area contributed by atoms with Gasteiger partial charge in [-0.3, -0.25) is 4.98 Å². The number of nitrogen functional groups attached to an aromatic ring is 1. The molecule has 2 N–H and O–H groups in total. The van der Waals surface area contributed by atoms with Crippen LogP contribution in [-0.4, -0.2) is 24.3 Å². The second-order valence-corrected chi connectivity index (χ2v) is 4.16. The second kappa shape index (κ2) is 5.69. The minimum Gasteiger partial charge on any atom is -0.488 e. The number of nitrogens with two attached hydrogens (primary N) is 1. The van der Waals surface area contributed by atoms with Gasteiger partial charge in [0, 0.05) is 35.5 Å². The molecule has 2 aromatic rings. The second-order valence-electron chi connectivity index (χ2n) is 4.16. The van der Waals surface area contributed by atoms with E-state index in [1.54, 1.807) is 12.4 Å². The highest BCUT2D eigenvalue weighted by Gasteiger charge is 2.09. The van der Waals surface area contributed by atoms with Crippen molar-refractivity contribution in [3.8, 4) is 5.75 Å². The van der Waals surface area contributed by atoms with E-state index >= 15 is 0 Å². The Kier molecular flexibility index (Phi) is 3.99. The summed E-state index contributed by atoms with van der Waals surface area (Å²) in [6.45, 7) is 5.23. The van der Waals surface area contributed by atoms with Gasteiger partial charge in [-0.25, -0.2) is 0 Å². The number of benzene rings is 1. The number of pyridine rings is 1. The average molecular weight is 246 g/mol. The first-order valence-corrected chi connectivity index (χ1v) is 6.09. The van der Waals surface area contributed by atoms with Crippen molar-refractivity contribution >= 4 is 16.5 Å². The first-order chi connectivity index (χ1) is 8.72. The topological polar surface area (TPSA) is 57.4 Å². The Bertz CT molecular complexity index is 528. The van der Waals surface area contributed by atoms with Gasteiger partial charge in [-0.05, 0) is 32.0 Å². The molecule has 0 amide bonds. The summed E-state index contributed by atoms with van der Waals surface area (Å²) in [4.78, 5) is 4.08. The zero-order chi connectivity index (χ0) is 13.0. The fraction of sp³-hybridized carbons (Fsp3) is 0.357. The van der Waals surface area contributed by atoms with Crippen molar-refractivity contribution < 1.29 is 9.47 Å². The Labute approximate surface area is 107 Å². The van der Waals surface area contributed by atoms with Crippen LogP contribution in [0, 0.1) is 0 Å².